The number of rotatable bonds is 4. The fraction of sp³-hybridized carbons (Fsp3) is 0.176. The van der Waals surface area contributed by atoms with E-state index in [9.17, 15) is 4.79 Å². The van der Waals surface area contributed by atoms with Crippen LogP contribution in [-0.4, -0.2) is 25.1 Å². The summed E-state index contributed by atoms with van der Waals surface area (Å²) in [5.41, 5.74) is 2.58. The highest BCUT2D eigenvalue weighted by Crippen LogP contribution is 2.29. The van der Waals surface area contributed by atoms with Crippen molar-refractivity contribution in [2.24, 2.45) is 0 Å². The number of amides is 1. The van der Waals surface area contributed by atoms with E-state index in [-0.39, 0.29) is 11.7 Å². The van der Waals surface area contributed by atoms with Crippen LogP contribution in [0.15, 0.2) is 40.8 Å². The van der Waals surface area contributed by atoms with Crippen LogP contribution in [0.5, 0.6) is 11.5 Å². The zero-order valence-electron chi connectivity index (χ0n) is 13.0. The SMILES string of the molecule is COc1ccc(OC)c(NC(=O)c2cc3nc(C)ccc3o2)c1. The van der Waals surface area contributed by atoms with E-state index in [2.05, 4.69) is 10.3 Å². The molecule has 118 valence electrons. The molecule has 1 aromatic carbocycles. The van der Waals surface area contributed by atoms with Crippen molar-refractivity contribution >= 4 is 22.7 Å². The lowest BCUT2D eigenvalue weighted by Crippen LogP contribution is -2.11. The Kier molecular flexibility index (Phi) is 3.89. The fourth-order valence-electron chi connectivity index (χ4n) is 2.23. The molecule has 2 aromatic heterocycles. The van der Waals surface area contributed by atoms with Gasteiger partial charge in [0.25, 0.3) is 5.91 Å². The lowest BCUT2D eigenvalue weighted by atomic mass is 10.2. The number of carbonyl (C=O) groups excluding carboxylic acids is 1. The lowest BCUT2D eigenvalue weighted by Gasteiger charge is -2.10. The fourth-order valence-corrected chi connectivity index (χ4v) is 2.23. The van der Waals surface area contributed by atoms with Gasteiger partial charge in [-0.1, -0.05) is 0 Å². The maximum Gasteiger partial charge on any atom is 0.291 e. The molecule has 6 heteroatoms. The van der Waals surface area contributed by atoms with Crippen molar-refractivity contribution in [3.63, 3.8) is 0 Å². The molecule has 2 heterocycles. The molecule has 0 bridgehead atoms. The van der Waals surface area contributed by atoms with Gasteiger partial charge in [0.2, 0.25) is 0 Å². The molecule has 3 rings (SSSR count). The summed E-state index contributed by atoms with van der Waals surface area (Å²) >= 11 is 0. The van der Waals surface area contributed by atoms with Crippen LogP contribution in [0.1, 0.15) is 16.2 Å². The Morgan fingerprint density at radius 1 is 1.13 bits per heavy atom. The van der Waals surface area contributed by atoms with E-state index in [1.54, 1.807) is 37.4 Å². The summed E-state index contributed by atoms with van der Waals surface area (Å²) in [5.74, 6) is 0.947. The van der Waals surface area contributed by atoms with E-state index in [0.29, 0.717) is 28.3 Å². The minimum absolute atomic E-state index is 0.183. The number of aromatic nitrogens is 1. The molecule has 0 fully saturated rings. The highest BCUT2D eigenvalue weighted by Gasteiger charge is 2.16. The van der Waals surface area contributed by atoms with Gasteiger partial charge in [-0.3, -0.25) is 4.79 Å². The van der Waals surface area contributed by atoms with Gasteiger partial charge in [-0.2, -0.15) is 0 Å². The van der Waals surface area contributed by atoms with Gasteiger partial charge in [0.15, 0.2) is 11.3 Å². The van der Waals surface area contributed by atoms with E-state index in [0.717, 1.165) is 5.69 Å². The number of pyridine rings is 1. The Morgan fingerprint density at radius 2 is 1.96 bits per heavy atom. The van der Waals surface area contributed by atoms with Gasteiger partial charge in [0.1, 0.15) is 17.0 Å². The van der Waals surface area contributed by atoms with E-state index in [1.165, 1.54) is 7.11 Å². The lowest BCUT2D eigenvalue weighted by molar-refractivity contribution is 0.0998. The third kappa shape index (κ3) is 2.96. The third-order valence-electron chi connectivity index (χ3n) is 3.39. The van der Waals surface area contributed by atoms with Crippen LogP contribution >= 0.6 is 0 Å². The van der Waals surface area contributed by atoms with E-state index in [1.807, 2.05) is 13.0 Å². The Hall–Kier alpha value is -3.02. The van der Waals surface area contributed by atoms with Crippen LogP contribution in [0.4, 0.5) is 5.69 Å². The number of hydrogen-bond donors (Lipinski definition) is 1. The van der Waals surface area contributed by atoms with Gasteiger partial charge < -0.3 is 19.2 Å². The summed E-state index contributed by atoms with van der Waals surface area (Å²) in [6, 6.07) is 10.4. The Labute approximate surface area is 133 Å². The van der Waals surface area contributed by atoms with E-state index in [4.69, 9.17) is 13.9 Å². The quantitative estimate of drug-likeness (QED) is 0.799. The molecular weight excluding hydrogens is 296 g/mol. The maximum absolute atomic E-state index is 12.4. The Balaban J connectivity index is 1.91. The van der Waals surface area contributed by atoms with Crippen molar-refractivity contribution in [2.75, 3.05) is 19.5 Å². The summed E-state index contributed by atoms with van der Waals surface area (Å²) in [6.07, 6.45) is 0. The number of methoxy groups -OCH3 is 2. The van der Waals surface area contributed by atoms with Crippen LogP contribution in [-0.2, 0) is 0 Å². The summed E-state index contributed by atoms with van der Waals surface area (Å²) in [7, 11) is 3.09. The Bertz CT molecular complexity index is 870. The van der Waals surface area contributed by atoms with Gasteiger partial charge in [0.05, 0.1) is 19.9 Å². The molecule has 1 amide bonds. The first kappa shape index (κ1) is 14.9. The van der Waals surface area contributed by atoms with Crippen molar-refractivity contribution in [3.8, 4) is 11.5 Å². The van der Waals surface area contributed by atoms with E-state index >= 15 is 0 Å². The largest absolute Gasteiger partial charge is 0.497 e. The second-order valence-electron chi connectivity index (χ2n) is 4.97. The smallest absolute Gasteiger partial charge is 0.291 e. The summed E-state index contributed by atoms with van der Waals surface area (Å²) in [4.78, 5) is 16.7. The van der Waals surface area contributed by atoms with Crippen LogP contribution in [0.2, 0.25) is 0 Å². The molecule has 0 radical (unpaired) electrons. The van der Waals surface area contributed by atoms with Crippen LogP contribution < -0.4 is 14.8 Å². The molecule has 6 nitrogen and oxygen atoms in total. The molecule has 0 aliphatic heterocycles. The third-order valence-corrected chi connectivity index (χ3v) is 3.39. The van der Waals surface area contributed by atoms with Crippen molar-refractivity contribution in [1.82, 2.24) is 4.98 Å². The number of furan rings is 1. The second kappa shape index (κ2) is 6.00. The van der Waals surface area contributed by atoms with Crippen LogP contribution in [0, 0.1) is 6.92 Å². The number of aryl methyl sites for hydroxylation is 1. The average molecular weight is 312 g/mol. The number of nitrogens with one attached hydrogen (secondary N) is 1. The molecule has 0 spiro atoms. The number of nitrogens with zero attached hydrogens (tertiary/aromatic N) is 1. The number of hydrogen-bond acceptors (Lipinski definition) is 5. The molecule has 1 N–H and O–H groups in total. The molecule has 0 aliphatic rings. The van der Waals surface area contributed by atoms with Crippen molar-refractivity contribution in [3.05, 3.63) is 47.9 Å². The van der Waals surface area contributed by atoms with Gasteiger partial charge in [-0.25, -0.2) is 4.98 Å². The first-order valence-electron chi connectivity index (χ1n) is 7.01. The van der Waals surface area contributed by atoms with Crippen molar-refractivity contribution < 1.29 is 18.7 Å². The average Bonchev–Trinajstić information content (AvgIpc) is 2.98. The predicted molar refractivity (Wildman–Crippen MR) is 86.2 cm³/mol. The maximum atomic E-state index is 12.4. The molecule has 0 saturated carbocycles. The standard InChI is InChI=1S/C17H16N2O4/c1-10-4-6-15-13(18-10)9-16(23-15)17(20)19-12-8-11(21-2)5-7-14(12)22-3/h4-9H,1-3H3,(H,19,20). The summed E-state index contributed by atoms with van der Waals surface area (Å²) in [5, 5.41) is 2.76. The summed E-state index contributed by atoms with van der Waals surface area (Å²) < 4.78 is 15.9. The van der Waals surface area contributed by atoms with Crippen molar-refractivity contribution in [2.45, 2.75) is 6.92 Å². The van der Waals surface area contributed by atoms with Gasteiger partial charge >= 0.3 is 0 Å². The minimum atomic E-state index is -0.382. The monoisotopic (exact) mass is 312 g/mol. The molecule has 3 aromatic rings. The van der Waals surface area contributed by atoms with Gasteiger partial charge in [0, 0.05) is 17.8 Å². The predicted octanol–water partition coefficient (Wildman–Crippen LogP) is 3.41. The molecule has 0 unspecified atom stereocenters. The molecule has 0 atom stereocenters. The normalized spacial score (nSPS) is 10.6. The van der Waals surface area contributed by atoms with Crippen LogP contribution in [0.25, 0.3) is 11.1 Å². The summed E-state index contributed by atoms with van der Waals surface area (Å²) in [6.45, 7) is 1.88. The number of ether oxygens (including phenoxy) is 2. The highest BCUT2D eigenvalue weighted by atomic mass is 16.5. The molecule has 0 aliphatic carbocycles. The van der Waals surface area contributed by atoms with Crippen LogP contribution in [0.3, 0.4) is 0 Å². The van der Waals surface area contributed by atoms with Crippen molar-refractivity contribution in [1.29, 1.82) is 0 Å². The first-order valence-corrected chi connectivity index (χ1v) is 7.01. The number of fused-ring (bicyclic) bond motifs is 1. The van der Waals surface area contributed by atoms with Gasteiger partial charge in [-0.05, 0) is 31.2 Å². The van der Waals surface area contributed by atoms with E-state index < -0.39 is 0 Å². The number of carbonyl (C=O) groups is 1. The number of benzene rings is 1. The zero-order chi connectivity index (χ0) is 16.4. The molecular formula is C17H16N2O4. The zero-order valence-corrected chi connectivity index (χ0v) is 13.0. The highest BCUT2D eigenvalue weighted by molar-refractivity contribution is 6.05. The second-order valence-corrected chi connectivity index (χ2v) is 4.97. The molecule has 23 heavy (non-hydrogen) atoms. The topological polar surface area (TPSA) is 73.6 Å². The van der Waals surface area contributed by atoms with Gasteiger partial charge in [-0.15, -0.1) is 0 Å². The number of anilines is 1. The minimum Gasteiger partial charge on any atom is -0.497 e. The molecule has 0 saturated heterocycles. The first-order chi connectivity index (χ1) is 11.1. The Morgan fingerprint density at radius 3 is 2.70 bits per heavy atom.